The predicted octanol–water partition coefficient (Wildman–Crippen LogP) is 3.05. The molecule has 0 aliphatic heterocycles. The van der Waals surface area contributed by atoms with E-state index in [1.165, 1.54) is 7.11 Å². The van der Waals surface area contributed by atoms with E-state index in [4.69, 9.17) is 17.3 Å². The lowest BCUT2D eigenvalue weighted by atomic mass is 10.0. The van der Waals surface area contributed by atoms with Crippen LogP contribution in [0.5, 0.6) is 0 Å². The van der Waals surface area contributed by atoms with Gasteiger partial charge < -0.3 is 10.5 Å². The van der Waals surface area contributed by atoms with Gasteiger partial charge in [0.1, 0.15) is 6.04 Å². The highest BCUT2D eigenvalue weighted by Gasteiger charge is 2.14. The molecule has 1 unspecified atom stereocenters. The fraction of sp³-hybridized carbons (Fsp3) is 0.188. The molecule has 4 heteroatoms. The van der Waals surface area contributed by atoms with Crippen molar-refractivity contribution in [2.24, 2.45) is 5.73 Å². The van der Waals surface area contributed by atoms with E-state index in [-0.39, 0.29) is 0 Å². The fourth-order valence-electron chi connectivity index (χ4n) is 1.99. The van der Waals surface area contributed by atoms with E-state index >= 15 is 0 Å². The van der Waals surface area contributed by atoms with Crippen molar-refractivity contribution in [3.8, 4) is 11.1 Å². The Morgan fingerprint density at radius 2 is 1.90 bits per heavy atom. The minimum absolute atomic E-state index is 0.399. The van der Waals surface area contributed by atoms with Crippen LogP contribution < -0.4 is 5.73 Å². The minimum atomic E-state index is -0.628. The first-order chi connectivity index (χ1) is 9.60. The third-order valence-electron chi connectivity index (χ3n) is 3.07. The number of rotatable bonds is 4. The minimum Gasteiger partial charge on any atom is -0.468 e. The van der Waals surface area contributed by atoms with Crippen molar-refractivity contribution >= 4 is 17.6 Å². The molecule has 2 N–H and O–H groups in total. The molecule has 0 heterocycles. The summed E-state index contributed by atoms with van der Waals surface area (Å²) in [5.74, 6) is -0.399. The molecule has 0 fully saturated rings. The largest absolute Gasteiger partial charge is 0.468 e. The second-order valence-electron chi connectivity index (χ2n) is 4.54. The van der Waals surface area contributed by atoms with Crippen molar-refractivity contribution in [3.05, 3.63) is 59.1 Å². The quantitative estimate of drug-likeness (QED) is 0.880. The van der Waals surface area contributed by atoms with Gasteiger partial charge in [0.2, 0.25) is 0 Å². The van der Waals surface area contributed by atoms with E-state index in [0.29, 0.717) is 11.4 Å². The maximum absolute atomic E-state index is 11.3. The lowest BCUT2D eigenvalue weighted by Crippen LogP contribution is -2.33. The number of carbonyl (C=O) groups excluding carboxylic acids is 1. The molecule has 0 radical (unpaired) electrons. The molecule has 0 spiro atoms. The monoisotopic (exact) mass is 289 g/mol. The Bertz CT molecular complexity index is 596. The second kappa shape index (κ2) is 6.55. The van der Waals surface area contributed by atoms with Crippen molar-refractivity contribution in [1.29, 1.82) is 0 Å². The Hall–Kier alpha value is -1.84. The highest BCUT2D eigenvalue weighted by molar-refractivity contribution is 6.30. The fourth-order valence-corrected chi connectivity index (χ4v) is 2.18. The Balaban J connectivity index is 2.12. The summed E-state index contributed by atoms with van der Waals surface area (Å²) in [6.07, 6.45) is 0.461. The molecule has 104 valence electrons. The number of carbonyl (C=O) groups is 1. The third-order valence-corrected chi connectivity index (χ3v) is 3.31. The molecule has 0 aromatic heterocycles. The average Bonchev–Trinajstić information content (AvgIpc) is 2.47. The Labute approximate surface area is 123 Å². The Morgan fingerprint density at radius 1 is 1.20 bits per heavy atom. The van der Waals surface area contributed by atoms with Crippen LogP contribution in [-0.4, -0.2) is 19.1 Å². The average molecular weight is 290 g/mol. The predicted molar refractivity (Wildman–Crippen MR) is 80.6 cm³/mol. The molecule has 1 atom stereocenters. The van der Waals surface area contributed by atoms with Gasteiger partial charge in [-0.3, -0.25) is 4.79 Å². The van der Waals surface area contributed by atoms with Gasteiger partial charge in [-0.2, -0.15) is 0 Å². The first kappa shape index (κ1) is 14.6. The van der Waals surface area contributed by atoms with E-state index in [2.05, 4.69) is 4.74 Å². The molecule has 0 saturated heterocycles. The van der Waals surface area contributed by atoms with E-state index in [1.54, 1.807) is 0 Å². The summed E-state index contributed by atoms with van der Waals surface area (Å²) in [6, 6.07) is 14.9. The lowest BCUT2D eigenvalue weighted by Gasteiger charge is -2.10. The number of methoxy groups -OCH3 is 1. The molecule has 3 nitrogen and oxygen atoms in total. The zero-order valence-corrected chi connectivity index (χ0v) is 11.9. The molecule has 2 aromatic rings. The molecule has 20 heavy (non-hydrogen) atoms. The van der Waals surface area contributed by atoms with E-state index in [1.807, 2.05) is 48.5 Å². The maximum atomic E-state index is 11.3. The standard InChI is InChI=1S/C16H16ClNO2/c1-20-16(19)15(18)9-11-5-7-12(8-6-11)13-3-2-4-14(17)10-13/h2-8,10,15H,9,18H2,1H3. The highest BCUT2D eigenvalue weighted by Crippen LogP contribution is 2.23. The van der Waals surface area contributed by atoms with Crippen LogP contribution in [0.25, 0.3) is 11.1 Å². The number of benzene rings is 2. The summed E-state index contributed by atoms with van der Waals surface area (Å²) < 4.78 is 4.61. The molecule has 0 aliphatic rings. The topological polar surface area (TPSA) is 52.3 Å². The van der Waals surface area contributed by atoms with Gasteiger partial charge in [-0.25, -0.2) is 0 Å². The van der Waals surface area contributed by atoms with E-state index in [9.17, 15) is 4.79 Å². The van der Waals surface area contributed by atoms with Gasteiger partial charge in [-0.05, 0) is 35.2 Å². The zero-order chi connectivity index (χ0) is 14.5. The molecular formula is C16H16ClNO2. The highest BCUT2D eigenvalue weighted by atomic mass is 35.5. The second-order valence-corrected chi connectivity index (χ2v) is 4.98. The molecular weight excluding hydrogens is 274 g/mol. The Kier molecular flexibility index (Phi) is 4.77. The van der Waals surface area contributed by atoms with E-state index < -0.39 is 12.0 Å². The first-order valence-corrected chi connectivity index (χ1v) is 6.66. The molecule has 0 amide bonds. The SMILES string of the molecule is COC(=O)C(N)Cc1ccc(-c2cccc(Cl)c2)cc1. The Morgan fingerprint density at radius 3 is 2.50 bits per heavy atom. The molecule has 0 aliphatic carbocycles. The van der Waals surface area contributed by atoms with Gasteiger partial charge in [0, 0.05) is 5.02 Å². The summed E-state index contributed by atoms with van der Waals surface area (Å²) in [4.78, 5) is 11.3. The van der Waals surface area contributed by atoms with Crippen LogP contribution in [0.15, 0.2) is 48.5 Å². The van der Waals surface area contributed by atoms with Crippen LogP contribution in [0.2, 0.25) is 5.02 Å². The van der Waals surface area contributed by atoms with Gasteiger partial charge >= 0.3 is 5.97 Å². The van der Waals surface area contributed by atoms with E-state index in [0.717, 1.165) is 16.7 Å². The number of hydrogen-bond donors (Lipinski definition) is 1. The van der Waals surface area contributed by atoms with Crippen molar-refractivity contribution < 1.29 is 9.53 Å². The van der Waals surface area contributed by atoms with Crippen LogP contribution in [0.1, 0.15) is 5.56 Å². The summed E-state index contributed by atoms with van der Waals surface area (Å²) >= 11 is 5.98. The number of hydrogen-bond acceptors (Lipinski definition) is 3. The van der Waals surface area contributed by atoms with Crippen molar-refractivity contribution in [2.75, 3.05) is 7.11 Å². The number of esters is 1. The van der Waals surface area contributed by atoms with Crippen LogP contribution in [0.4, 0.5) is 0 Å². The summed E-state index contributed by atoms with van der Waals surface area (Å²) in [6.45, 7) is 0. The summed E-state index contributed by atoms with van der Waals surface area (Å²) in [7, 11) is 1.34. The van der Waals surface area contributed by atoms with Gasteiger partial charge in [0.25, 0.3) is 0 Å². The molecule has 0 saturated carbocycles. The molecule has 2 rings (SSSR count). The normalized spacial score (nSPS) is 11.9. The first-order valence-electron chi connectivity index (χ1n) is 6.28. The summed E-state index contributed by atoms with van der Waals surface area (Å²) in [5.41, 5.74) is 8.86. The van der Waals surface area contributed by atoms with Gasteiger partial charge in [-0.15, -0.1) is 0 Å². The third kappa shape index (κ3) is 3.59. The zero-order valence-electron chi connectivity index (χ0n) is 11.2. The van der Waals surface area contributed by atoms with Crippen molar-refractivity contribution in [2.45, 2.75) is 12.5 Å². The molecule has 2 aromatic carbocycles. The van der Waals surface area contributed by atoms with Gasteiger partial charge in [0.05, 0.1) is 7.11 Å². The smallest absolute Gasteiger partial charge is 0.322 e. The van der Waals surface area contributed by atoms with Crippen molar-refractivity contribution in [1.82, 2.24) is 0 Å². The van der Waals surface area contributed by atoms with Gasteiger partial charge in [0.15, 0.2) is 0 Å². The van der Waals surface area contributed by atoms with Crippen LogP contribution in [0, 0.1) is 0 Å². The van der Waals surface area contributed by atoms with Crippen molar-refractivity contribution in [3.63, 3.8) is 0 Å². The summed E-state index contributed by atoms with van der Waals surface area (Å²) in [5, 5.41) is 0.708. The van der Waals surface area contributed by atoms with Crippen LogP contribution >= 0.6 is 11.6 Å². The number of nitrogens with two attached hydrogens (primary N) is 1. The van der Waals surface area contributed by atoms with Crippen LogP contribution in [0.3, 0.4) is 0 Å². The number of halogens is 1. The number of ether oxygens (including phenoxy) is 1. The maximum Gasteiger partial charge on any atom is 0.322 e. The van der Waals surface area contributed by atoms with Crippen LogP contribution in [-0.2, 0) is 16.0 Å². The molecule has 0 bridgehead atoms. The van der Waals surface area contributed by atoms with Gasteiger partial charge in [-0.1, -0.05) is 48.0 Å². The lowest BCUT2D eigenvalue weighted by molar-refractivity contribution is -0.142.